The number of hydrogen-bond acceptors (Lipinski definition) is 4. The summed E-state index contributed by atoms with van der Waals surface area (Å²) in [6, 6.07) is 24.0. The molecule has 0 saturated heterocycles. The van der Waals surface area contributed by atoms with Crippen LogP contribution in [0.25, 0.3) is 11.0 Å². The topological polar surface area (TPSA) is 45.5 Å². The van der Waals surface area contributed by atoms with Crippen LogP contribution >= 0.6 is 0 Å². The van der Waals surface area contributed by atoms with Crippen LogP contribution in [0.15, 0.2) is 72.8 Å². The minimum Gasteiger partial charge on any atom is -0.497 e. The molecule has 0 atom stereocenters. The number of ether oxygens (including phenoxy) is 3. The zero-order valence-electron chi connectivity index (χ0n) is 17.4. The van der Waals surface area contributed by atoms with E-state index in [0.29, 0.717) is 19.8 Å². The number of aryl methyl sites for hydroxylation is 1. The number of fused-ring (bicyclic) bond motifs is 1. The Balaban J connectivity index is 1.46. The van der Waals surface area contributed by atoms with Crippen LogP contribution in [0, 0.1) is 0 Å². The summed E-state index contributed by atoms with van der Waals surface area (Å²) in [6.07, 6.45) is 1.03. The van der Waals surface area contributed by atoms with Crippen molar-refractivity contribution in [1.29, 1.82) is 0 Å². The van der Waals surface area contributed by atoms with Crippen molar-refractivity contribution in [2.45, 2.75) is 26.5 Å². The van der Waals surface area contributed by atoms with E-state index >= 15 is 0 Å². The van der Waals surface area contributed by atoms with E-state index in [1.54, 1.807) is 7.11 Å². The molecule has 4 rings (SSSR count). The summed E-state index contributed by atoms with van der Waals surface area (Å²) in [4.78, 5) is 4.77. The fraction of sp³-hybridized carbons (Fsp3) is 0.240. The average molecular weight is 402 g/mol. The summed E-state index contributed by atoms with van der Waals surface area (Å²) >= 11 is 0. The van der Waals surface area contributed by atoms with Crippen molar-refractivity contribution in [3.63, 3.8) is 0 Å². The Labute approximate surface area is 176 Å². The fourth-order valence-electron chi connectivity index (χ4n) is 3.38. The third-order valence-corrected chi connectivity index (χ3v) is 5.08. The van der Waals surface area contributed by atoms with Gasteiger partial charge < -0.3 is 18.8 Å². The predicted molar refractivity (Wildman–Crippen MR) is 118 cm³/mol. The quantitative estimate of drug-likeness (QED) is 0.383. The lowest BCUT2D eigenvalue weighted by molar-refractivity contribution is 0.272. The summed E-state index contributed by atoms with van der Waals surface area (Å²) in [5, 5.41) is 0. The molecule has 0 radical (unpaired) electrons. The maximum absolute atomic E-state index is 5.97. The fourth-order valence-corrected chi connectivity index (χ4v) is 3.38. The molecule has 0 saturated carbocycles. The lowest BCUT2D eigenvalue weighted by Crippen LogP contribution is -2.13. The Hall–Kier alpha value is -3.47. The van der Waals surface area contributed by atoms with Crippen molar-refractivity contribution in [2.75, 3.05) is 13.7 Å². The Morgan fingerprint density at radius 3 is 2.20 bits per heavy atom. The van der Waals surface area contributed by atoms with Crippen molar-refractivity contribution < 1.29 is 14.2 Å². The number of benzene rings is 3. The van der Waals surface area contributed by atoms with Crippen molar-refractivity contribution in [1.82, 2.24) is 9.55 Å². The third kappa shape index (κ3) is 4.57. The molecule has 0 bridgehead atoms. The first-order chi connectivity index (χ1) is 14.8. The van der Waals surface area contributed by atoms with Crippen LogP contribution in [0.4, 0.5) is 0 Å². The largest absolute Gasteiger partial charge is 0.497 e. The predicted octanol–water partition coefficient (Wildman–Crippen LogP) is 5.27. The zero-order valence-corrected chi connectivity index (χ0v) is 17.4. The molecule has 0 N–H and O–H groups in total. The molecule has 0 amide bonds. The molecule has 154 valence electrons. The van der Waals surface area contributed by atoms with Gasteiger partial charge >= 0.3 is 0 Å². The minimum atomic E-state index is 0.381. The second kappa shape index (κ2) is 9.35. The third-order valence-electron chi connectivity index (χ3n) is 5.08. The first-order valence-electron chi connectivity index (χ1n) is 10.2. The maximum Gasteiger partial charge on any atom is 0.148 e. The first kappa shape index (κ1) is 19.8. The number of imidazole rings is 1. The van der Waals surface area contributed by atoms with Gasteiger partial charge in [-0.2, -0.15) is 0 Å². The van der Waals surface area contributed by atoms with E-state index in [4.69, 9.17) is 19.2 Å². The number of rotatable bonds is 9. The normalized spacial score (nSPS) is 10.9. The molecule has 0 spiro atoms. The zero-order chi connectivity index (χ0) is 20.8. The van der Waals surface area contributed by atoms with Crippen LogP contribution in [-0.2, 0) is 19.6 Å². The van der Waals surface area contributed by atoms with Gasteiger partial charge in [0.1, 0.15) is 36.3 Å². The minimum absolute atomic E-state index is 0.381. The molecule has 5 nitrogen and oxygen atoms in total. The Morgan fingerprint density at radius 2 is 1.47 bits per heavy atom. The van der Waals surface area contributed by atoms with Gasteiger partial charge in [0, 0.05) is 0 Å². The number of methoxy groups -OCH3 is 1. The molecule has 3 aromatic carbocycles. The van der Waals surface area contributed by atoms with Crippen LogP contribution in [0.2, 0.25) is 0 Å². The van der Waals surface area contributed by atoms with Crippen molar-refractivity contribution >= 4 is 11.0 Å². The highest BCUT2D eigenvalue weighted by Crippen LogP contribution is 2.21. The Morgan fingerprint density at radius 1 is 0.800 bits per heavy atom. The van der Waals surface area contributed by atoms with Crippen molar-refractivity contribution in [2.24, 2.45) is 0 Å². The van der Waals surface area contributed by atoms with Gasteiger partial charge in [0.05, 0.1) is 24.7 Å². The van der Waals surface area contributed by atoms with Gasteiger partial charge in [-0.15, -0.1) is 0 Å². The van der Waals surface area contributed by atoms with E-state index in [2.05, 4.69) is 29.7 Å². The van der Waals surface area contributed by atoms with Gasteiger partial charge in [0.2, 0.25) is 0 Å². The van der Waals surface area contributed by atoms with Crippen LogP contribution < -0.4 is 14.2 Å². The van der Waals surface area contributed by atoms with Crippen molar-refractivity contribution in [3.05, 3.63) is 84.2 Å². The van der Waals surface area contributed by atoms with E-state index in [0.717, 1.165) is 40.5 Å². The van der Waals surface area contributed by atoms with E-state index in [1.807, 2.05) is 54.6 Å². The Bertz CT molecular complexity index is 1090. The molecule has 0 fully saturated rings. The molecule has 5 heteroatoms. The second-order valence-electron chi connectivity index (χ2n) is 6.98. The Kier molecular flexibility index (Phi) is 6.18. The molecule has 1 aromatic heterocycles. The summed E-state index contributed by atoms with van der Waals surface area (Å²) < 4.78 is 19.3. The highest BCUT2D eigenvalue weighted by Gasteiger charge is 2.11. The summed E-state index contributed by atoms with van der Waals surface area (Å²) in [6.45, 7) is 3.78. The number of aromatic nitrogens is 2. The lowest BCUT2D eigenvalue weighted by Gasteiger charge is -2.12. The van der Waals surface area contributed by atoms with Gasteiger partial charge in [-0.1, -0.05) is 31.2 Å². The molecule has 0 aliphatic carbocycles. The van der Waals surface area contributed by atoms with Gasteiger partial charge in [-0.25, -0.2) is 4.98 Å². The van der Waals surface area contributed by atoms with Gasteiger partial charge in [-0.05, 0) is 60.5 Å². The maximum atomic E-state index is 5.97. The molecular weight excluding hydrogens is 376 g/mol. The standard InChI is InChI=1S/C25H26N2O3/c1-3-19-8-10-21(11-9-19)29-17-16-27-24-7-5-4-6-23(24)26-25(27)18-30-22-14-12-20(28-2)13-15-22/h4-15H,3,16-18H2,1-2H3. The van der Waals surface area contributed by atoms with Gasteiger partial charge in [-0.3, -0.25) is 0 Å². The molecule has 1 heterocycles. The molecular formula is C25H26N2O3. The monoisotopic (exact) mass is 402 g/mol. The van der Waals surface area contributed by atoms with E-state index in [-0.39, 0.29) is 0 Å². The molecule has 0 aliphatic rings. The van der Waals surface area contributed by atoms with Crippen LogP contribution in [0.3, 0.4) is 0 Å². The highest BCUT2D eigenvalue weighted by molar-refractivity contribution is 5.75. The average Bonchev–Trinajstić information content (AvgIpc) is 3.16. The molecule has 0 aliphatic heterocycles. The molecule has 0 unspecified atom stereocenters. The molecule has 30 heavy (non-hydrogen) atoms. The highest BCUT2D eigenvalue weighted by atomic mass is 16.5. The molecule has 4 aromatic rings. The van der Waals surface area contributed by atoms with Crippen molar-refractivity contribution in [3.8, 4) is 17.2 Å². The second-order valence-corrected chi connectivity index (χ2v) is 6.98. The summed E-state index contributed by atoms with van der Waals surface area (Å²) in [7, 11) is 1.65. The van der Waals surface area contributed by atoms with Gasteiger partial charge in [0.15, 0.2) is 0 Å². The first-order valence-corrected chi connectivity index (χ1v) is 10.2. The smallest absolute Gasteiger partial charge is 0.148 e. The SMILES string of the molecule is CCc1ccc(OCCn2c(COc3ccc(OC)cc3)nc3ccccc32)cc1. The van der Waals surface area contributed by atoms with E-state index in [9.17, 15) is 0 Å². The number of hydrogen-bond donors (Lipinski definition) is 0. The van der Waals surface area contributed by atoms with E-state index in [1.165, 1.54) is 5.56 Å². The van der Waals surface area contributed by atoms with Crippen LogP contribution in [0.1, 0.15) is 18.3 Å². The lowest BCUT2D eigenvalue weighted by atomic mass is 10.2. The number of nitrogens with zero attached hydrogens (tertiary/aromatic N) is 2. The number of para-hydroxylation sites is 2. The van der Waals surface area contributed by atoms with Crippen LogP contribution in [0.5, 0.6) is 17.2 Å². The summed E-state index contributed by atoms with van der Waals surface area (Å²) in [5.74, 6) is 3.34. The van der Waals surface area contributed by atoms with Gasteiger partial charge in [0.25, 0.3) is 0 Å². The summed E-state index contributed by atoms with van der Waals surface area (Å²) in [5.41, 5.74) is 3.34. The van der Waals surface area contributed by atoms with Crippen LogP contribution in [-0.4, -0.2) is 23.3 Å². The van der Waals surface area contributed by atoms with E-state index < -0.39 is 0 Å².